The summed E-state index contributed by atoms with van der Waals surface area (Å²) in [5, 5.41) is 0. The van der Waals surface area contributed by atoms with Crippen LogP contribution >= 0.6 is 12.4 Å². The molecule has 88 valence electrons. The van der Waals surface area contributed by atoms with Gasteiger partial charge in [-0.3, -0.25) is 4.79 Å². The molecule has 1 unspecified atom stereocenters. The van der Waals surface area contributed by atoms with E-state index in [1.165, 1.54) is 11.0 Å². The standard InChI is InChI=1S/C11H13FN2O.ClH/c1-7(13)11(15)14-6-5-8-3-2-4-9(12)10(8)14;/h2-4,7H,5-6,13H2,1H3;1H. The highest BCUT2D eigenvalue weighted by molar-refractivity contribution is 5.98. The Morgan fingerprint density at radius 1 is 1.56 bits per heavy atom. The molecule has 0 spiro atoms. The molecule has 1 atom stereocenters. The van der Waals surface area contributed by atoms with Crippen LogP contribution in [0.3, 0.4) is 0 Å². The molecular weight excluding hydrogens is 231 g/mol. The van der Waals surface area contributed by atoms with Crippen molar-refractivity contribution in [3.63, 3.8) is 0 Å². The van der Waals surface area contributed by atoms with E-state index in [-0.39, 0.29) is 24.1 Å². The van der Waals surface area contributed by atoms with E-state index in [9.17, 15) is 9.18 Å². The molecule has 5 heteroatoms. The summed E-state index contributed by atoms with van der Waals surface area (Å²) < 4.78 is 13.5. The number of fused-ring (bicyclic) bond motifs is 1. The minimum absolute atomic E-state index is 0. The van der Waals surface area contributed by atoms with E-state index in [1.807, 2.05) is 6.07 Å². The van der Waals surface area contributed by atoms with Gasteiger partial charge in [-0.1, -0.05) is 12.1 Å². The fourth-order valence-corrected chi connectivity index (χ4v) is 1.87. The zero-order valence-corrected chi connectivity index (χ0v) is 9.76. The molecule has 1 aromatic carbocycles. The third-order valence-corrected chi connectivity index (χ3v) is 2.60. The average Bonchev–Trinajstić information content (AvgIpc) is 2.61. The van der Waals surface area contributed by atoms with E-state index in [1.54, 1.807) is 13.0 Å². The molecule has 0 saturated carbocycles. The maximum Gasteiger partial charge on any atom is 0.243 e. The summed E-state index contributed by atoms with van der Waals surface area (Å²) >= 11 is 0. The SMILES string of the molecule is CC(N)C(=O)N1CCc2cccc(F)c21.Cl. The van der Waals surface area contributed by atoms with Gasteiger partial charge in [0.05, 0.1) is 11.7 Å². The summed E-state index contributed by atoms with van der Waals surface area (Å²) in [6.45, 7) is 2.14. The number of carbonyl (C=O) groups is 1. The molecule has 2 N–H and O–H groups in total. The Kier molecular flexibility index (Phi) is 3.88. The van der Waals surface area contributed by atoms with Crippen molar-refractivity contribution in [3.05, 3.63) is 29.6 Å². The molecule has 0 saturated heterocycles. The Labute approximate surface area is 99.8 Å². The van der Waals surface area contributed by atoms with E-state index in [0.29, 0.717) is 18.7 Å². The van der Waals surface area contributed by atoms with Crippen LogP contribution in [0.1, 0.15) is 12.5 Å². The highest BCUT2D eigenvalue weighted by atomic mass is 35.5. The van der Waals surface area contributed by atoms with Crippen molar-refractivity contribution in [3.8, 4) is 0 Å². The van der Waals surface area contributed by atoms with Crippen molar-refractivity contribution in [2.75, 3.05) is 11.4 Å². The second-order valence-corrected chi connectivity index (χ2v) is 3.78. The molecule has 0 fully saturated rings. The van der Waals surface area contributed by atoms with Crippen LogP contribution in [0.5, 0.6) is 0 Å². The smallest absolute Gasteiger partial charge is 0.243 e. The number of halogens is 2. The fourth-order valence-electron chi connectivity index (χ4n) is 1.87. The monoisotopic (exact) mass is 244 g/mol. The van der Waals surface area contributed by atoms with E-state index in [0.717, 1.165) is 5.56 Å². The second-order valence-electron chi connectivity index (χ2n) is 3.78. The number of carbonyl (C=O) groups excluding carboxylic acids is 1. The molecule has 1 aliphatic heterocycles. The van der Waals surface area contributed by atoms with Gasteiger partial charge in [0.2, 0.25) is 5.91 Å². The van der Waals surface area contributed by atoms with Crippen LogP contribution < -0.4 is 10.6 Å². The van der Waals surface area contributed by atoms with Crippen LogP contribution in [0.15, 0.2) is 18.2 Å². The van der Waals surface area contributed by atoms with Gasteiger partial charge in [-0.25, -0.2) is 4.39 Å². The van der Waals surface area contributed by atoms with Gasteiger partial charge in [-0.2, -0.15) is 0 Å². The van der Waals surface area contributed by atoms with E-state index < -0.39 is 6.04 Å². The first-order valence-electron chi connectivity index (χ1n) is 4.95. The maximum atomic E-state index is 13.5. The zero-order chi connectivity index (χ0) is 11.0. The van der Waals surface area contributed by atoms with Gasteiger partial charge < -0.3 is 10.6 Å². The number of rotatable bonds is 1. The third kappa shape index (κ3) is 2.03. The highest BCUT2D eigenvalue weighted by Crippen LogP contribution is 2.30. The van der Waals surface area contributed by atoms with Gasteiger partial charge in [0, 0.05) is 6.54 Å². The Hall–Kier alpha value is -1.13. The molecule has 0 aromatic heterocycles. The van der Waals surface area contributed by atoms with E-state index in [4.69, 9.17) is 5.73 Å². The van der Waals surface area contributed by atoms with Crippen LogP contribution in [0.2, 0.25) is 0 Å². The minimum Gasteiger partial charge on any atom is -0.320 e. The van der Waals surface area contributed by atoms with E-state index in [2.05, 4.69) is 0 Å². The van der Waals surface area contributed by atoms with Gasteiger partial charge >= 0.3 is 0 Å². The van der Waals surface area contributed by atoms with Crippen molar-refractivity contribution in [1.82, 2.24) is 0 Å². The Morgan fingerprint density at radius 2 is 2.25 bits per heavy atom. The molecule has 2 rings (SSSR count). The normalized spacial score (nSPS) is 15.3. The number of para-hydroxylation sites is 1. The van der Waals surface area contributed by atoms with Gasteiger partial charge in [-0.05, 0) is 25.0 Å². The molecule has 1 aliphatic rings. The van der Waals surface area contributed by atoms with Crippen LogP contribution in [0.25, 0.3) is 0 Å². The van der Waals surface area contributed by atoms with Gasteiger partial charge in [0.25, 0.3) is 0 Å². The third-order valence-electron chi connectivity index (χ3n) is 2.60. The number of nitrogens with two attached hydrogens (primary N) is 1. The molecule has 16 heavy (non-hydrogen) atoms. The first-order valence-corrected chi connectivity index (χ1v) is 4.95. The molecule has 1 heterocycles. The summed E-state index contributed by atoms with van der Waals surface area (Å²) in [5.41, 5.74) is 6.79. The number of hydrogen-bond acceptors (Lipinski definition) is 2. The number of anilines is 1. The first kappa shape index (κ1) is 12.9. The molecule has 1 aromatic rings. The molecular formula is C11H14ClFN2O. The van der Waals surface area contributed by atoms with Crippen molar-refractivity contribution < 1.29 is 9.18 Å². The summed E-state index contributed by atoms with van der Waals surface area (Å²) in [6.07, 6.45) is 0.700. The molecule has 0 radical (unpaired) electrons. The molecule has 3 nitrogen and oxygen atoms in total. The Bertz CT molecular complexity index is 409. The Balaban J connectivity index is 0.00000128. The van der Waals surface area contributed by atoms with Crippen LogP contribution in [0, 0.1) is 5.82 Å². The van der Waals surface area contributed by atoms with Crippen molar-refractivity contribution >= 4 is 24.0 Å². The van der Waals surface area contributed by atoms with Gasteiger partial charge in [0.15, 0.2) is 0 Å². The largest absolute Gasteiger partial charge is 0.320 e. The van der Waals surface area contributed by atoms with Crippen molar-refractivity contribution in [2.45, 2.75) is 19.4 Å². The fraction of sp³-hybridized carbons (Fsp3) is 0.364. The maximum absolute atomic E-state index is 13.5. The lowest BCUT2D eigenvalue weighted by Gasteiger charge is -2.19. The topological polar surface area (TPSA) is 46.3 Å². The number of amides is 1. The minimum atomic E-state index is -0.587. The zero-order valence-electron chi connectivity index (χ0n) is 8.94. The van der Waals surface area contributed by atoms with E-state index >= 15 is 0 Å². The second kappa shape index (κ2) is 4.80. The van der Waals surface area contributed by atoms with Gasteiger partial charge in [-0.15, -0.1) is 12.4 Å². The predicted octanol–water partition coefficient (Wildman–Crippen LogP) is 1.48. The highest BCUT2D eigenvalue weighted by Gasteiger charge is 2.28. The number of nitrogens with zero attached hydrogens (tertiary/aromatic N) is 1. The summed E-state index contributed by atoms with van der Waals surface area (Å²) in [7, 11) is 0. The van der Waals surface area contributed by atoms with Crippen LogP contribution in [-0.2, 0) is 11.2 Å². The molecule has 1 amide bonds. The number of benzene rings is 1. The lowest BCUT2D eigenvalue weighted by atomic mass is 10.1. The predicted molar refractivity (Wildman–Crippen MR) is 63.4 cm³/mol. The number of hydrogen-bond donors (Lipinski definition) is 1. The van der Waals surface area contributed by atoms with Crippen LogP contribution in [0.4, 0.5) is 10.1 Å². The quantitative estimate of drug-likeness (QED) is 0.814. The molecule has 0 bridgehead atoms. The molecule has 0 aliphatic carbocycles. The van der Waals surface area contributed by atoms with Crippen molar-refractivity contribution in [1.29, 1.82) is 0 Å². The van der Waals surface area contributed by atoms with Crippen molar-refractivity contribution in [2.24, 2.45) is 5.73 Å². The Morgan fingerprint density at radius 3 is 2.88 bits per heavy atom. The average molecular weight is 245 g/mol. The lowest BCUT2D eigenvalue weighted by molar-refractivity contribution is -0.119. The first-order chi connectivity index (χ1) is 7.11. The van der Waals surface area contributed by atoms with Gasteiger partial charge in [0.1, 0.15) is 5.82 Å². The summed E-state index contributed by atoms with van der Waals surface area (Å²) in [5.74, 6) is -0.571. The van der Waals surface area contributed by atoms with Crippen LogP contribution in [-0.4, -0.2) is 18.5 Å². The summed E-state index contributed by atoms with van der Waals surface area (Å²) in [6, 6.07) is 4.28. The lowest BCUT2D eigenvalue weighted by Crippen LogP contribution is -2.41. The summed E-state index contributed by atoms with van der Waals surface area (Å²) in [4.78, 5) is 13.1.